The van der Waals surface area contributed by atoms with Gasteiger partial charge in [0.25, 0.3) is 5.91 Å². The number of aryl methyl sites for hydroxylation is 1. The number of hydrogen-bond acceptors (Lipinski definition) is 5. The molecule has 2 saturated heterocycles. The van der Waals surface area contributed by atoms with E-state index in [4.69, 9.17) is 16.4 Å². The van der Waals surface area contributed by atoms with Crippen molar-refractivity contribution in [2.45, 2.75) is 19.1 Å². The van der Waals surface area contributed by atoms with E-state index in [-0.39, 0.29) is 17.9 Å². The molecule has 0 spiro atoms. The summed E-state index contributed by atoms with van der Waals surface area (Å²) < 4.78 is 0. The van der Waals surface area contributed by atoms with Gasteiger partial charge in [-0.15, -0.1) is 11.3 Å². The summed E-state index contributed by atoms with van der Waals surface area (Å²) in [5.41, 5.74) is 2.39. The Bertz CT molecular complexity index is 1080. The molecule has 146 valence electrons. The average Bonchev–Trinajstić information content (AvgIpc) is 3.41. The fraction of sp³-hybridized carbons (Fsp3) is 0.182. The highest BCUT2D eigenvalue weighted by atomic mass is 35.5. The first-order valence-electron chi connectivity index (χ1n) is 9.24. The van der Waals surface area contributed by atoms with Crippen LogP contribution in [0.5, 0.6) is 0 Å². The molecule has 0 aliphatic carbocycles. The van der Waals surface area contributed by atoms with Gasteiger partial charge in [0.05, 0.1) is 11.4 Å². The molecule has 5 rings (SSSR count). The number of fused-ring (bicyclic) bond motifs is 1. The smallest absolute Gasteiger partial charge is 0.266 e. The predicted octanol–water partition coefficient (Wildman–Crippen LogP) is 4.76. The summed E-state index contributed by atoms with van der Waals surface area (Å²) in [5.74, 6) is -1.21. The maximum Gasteiger partial charge on any atom is 0.266 e. The van der Waals surface area contributed by atoms with Crippen molar-refractivity contribution in [1.29, 1.82) is 0 Å². The van der Waals surface area contributed by atoms with Crippen molar-refractivity contribution in [2.24, 2.45) is 5.92 Å². The lowest BCUT2D eigenvalue weighted by Crippen LogP contribution is -2.37. The van der Waals surface area contributed by atoms with Crippen LogP contribution in [0.4, 0.5) is 11.4 Å². The fourth-order valence-electron chi connectivity index (χ4n) is 4.03. The highest BCUT2D eigenvalue weighted by Gasteiger charge is 2.60. The second kappa shape index (κ2) is 6.99. The molecule has 5 nitrogen and oxygen atoms in total. The average molecular weight is 425 g/mol. The van der Waals surface area contributed by atoms with Crippen LogP contribution in [-0.4, -0.2) is 17.9 Å². The molecule has 2 fully saturated rings. The van der Waals surface area contributed by atoms with Gasteiger partial charge in [-0.05, 0) is 54.3 Å². The Kier molecular flexibility index (Phi) is 4.42. The van der Waals surface area contributed by atoms with Crippen molar-refractivity contribution in [3.8, 4) is 0 Å². The number of para-hydroxylation sites is 1. The number of anilines is 2. The Labute approximate surface area is 177 Å². The van der Waals surface area contributed by atoms with E-state index in [1.165, 1.54) is 4.90 Å². The maximum atomic E-state index is 13.4. The van der Waals surface area contributed by atoms with Gasteiger partial charge >= 0.3 is 0 Å². The van der Waals surface area contributed by atoms with Crippen molar-refractivity contribution >= 4 is 46.1 Å². The van der Waals surface area contributed by atoms with E-state index in [0.717, 1.165) is 16.1 Å². The van der Waals surface area contributed by atoms with E-state index in [1.54, 1.807) is 40.7 Å². The molecule has 2 aliphatic rings. The summed E-state index contributed by atoms with van der Waals surface area (Å²) in [5, 5.41) is 4.26. The lowest BCUT2D eigenvalue weighted by molar-refractivity contribution is -0.126. The monoisotopic (exact) mass is 424 g/mol. The minimum Gasteiger partial charge on any atom is -0.273 e. The molecule has 29 heavy (non-hydrogen) atoms. The SMILES string of the molecule is Cc1ccccc1N1O[C@@H]2C(=O)N(c3ccc(Cl)cc3)C(=O)[C@H]2[C@@H]1c1cccs1. The summed E-state index contributed by atoms with van der Waals surface area (Å²) in [6.07, 6.45) is -0.857. The van der Waals surface area contributed by atoms with Crippen molar-refractivity contribution in [1.82, 2.24) is 0 Å². The molecular formula is C22H17ClN2O3S. The van der Waals surface area contributed by atoms with Gasteiger partial charge in [0.1, 0.15) is 12.0 Å². The standard InChI is InChI=1S/C22H17ClN2O3S/c1-13-5-2-3-6-16(13)25-19(17-7-4-12-29-17)18-20(28-25)22(27)24(21(18)26)15-10-8-14(23)9-11-15/h2-12,18-20H,1H3/t18-,19-,20-/m0/s1. The summed E-state index contributed by atoms with van der Waals surface area (Å²) in [6, 6.07) is 18.1. The number of rotatable bonds is 3. The van der Waals surface area contributed by atoms with Crippen LogP contribution in [0.25, 0.3) is 0 Å². The number of carbonyl (C=O) groups excluding carboxylic acids is 2. The summed E-state index contributed by atoms with van der Waals surface area (Å²) >= 11 is 7.52. The molecule has 2 amide bonds. The summed E-state index contributed by atoms with van der Waals surface area (Å²) in [7, 11) is 0. The number of benzene rings is 2. The van der Waals surface area contributed by atoms with Gasteiger partial charge in [-0.1, -0.05) is 35.9 Å². The number of hydroxylamine groups is 1. The van der Waals surface area contributed by atoms with Gasteiger partial charge in [-0.25, -0.2) is 9.96 Å². The van der Waals surface area contributed by atoms with Crippen LogP contribution in [0.1, 0.15) is 16.5 Å². The fourth-order valence-corrected chi connectivity index (χ4v) is 5.01. The quantitative estimate of drug-likeness (QED) is 0.569. The molecule has 3 atom stereocenters. The highest BCUT2D eigenvalue weighted by Crippen LogP contribution is 2.49. The Morgan fingerprint density at radius 1 is 0.966 bits per heavy atom. The highest BCUT2D eigenvalue weighted by molar-refractivity contribution is 7.10. The molecule has 0 saturated carbocycles. The van der Waals surface area contributed by atoms with Gasteiger partial charge in [-0.3, -0.25) is 14.4 Å². The van der Waals surface area contributed by atoms with E-state index in [1.807, 2.05) is 48.7 Å². The Morgan fingerprint density at radius 2 is 1.72 bits per heavy atom. The van der Waals surface area contributed by atoms with E-state index in [0.29, 0.717) is 10.7 Å². The van der Waals surface area contributed by atoms with Crippen LogP contribution < -0.4 is 9.96 Å². The Balaban J connectivity index is 1.58. The van der Waals surface area contributed by atoms with Crippen LogP contribution in [0.2, 0.25) is 5.02 Å². The second-order valence-electron chi connectivity index (χ2n) is 7.11. The molecule has 0 radical (unpaired) electrons. The van der Waals surface area contributed by atoms with Gasteiger partial charge in [-0.2, -0.15) is 0 Å². The second-order valence-corrected chi connectivity index (χ2v) is 8.53. The molecule has 0 N–H and O–H groups in total. The van der Waals surface area contributed by atoms with Crippen LogP contribution in [-0.2, 0) is 14.4 Å². The van der Waals surface area contributed by atoms with Crippen molar-refractivity contribution < 1.29 is 14.4 Å². The summed E-state index contributed by atoms with van der Waals surface area (Å²) in [4.78, 5) is 35.0. The number of hydrogen-bond donors (Lipinski definition) is 0. The predicted molar refractivity (Wildman–Crippen MR) is 113 cm³/mol. The number of thiophene rings is 1. The Morgan fingerprint density at radius 3 is 2.41 bits per heavy atom. The third-order valence-corrected chi connectivity index (χ3v) is 6.58. The molecular weight excluding hydrogens is 408 g/mol. The van der Waals surface area contributed by atoms with Crippen LogP contribution >= 0.6 is 22.9 Å². The number of nitrogens with zero attached hydrogens (tertiary/aromatic N) is 2. The lowest BCUT2D eigenvalue weighted by Gasteiger charge is -2.28. The molecule has 3 aromatic rings. The molecule has 1 aromatic heterocycles. The molecule has 2 aliphatic heterocycles. The minimum absolute atomic E-state index is 0.253. The van der Waals surface area contributed by atoms with Crippen molar-refractivity contribution in [2.75, 3.05) is 9.96 Å². The first kappa shape index (κ1) is 18.4. The lowest BCUT2D eigenvalue weighted by atomic mass is 9.95. The third kappa shape index (κ3) is 2.87. The first-order chi connectivity index (χ1) is 14.1. The molecule has 7 heteroatoms. The minimum atomic E-state index is -0.857. The number of halogens is 1. The van der Waals surface area contributed by atoms with Gasteiger partial charge < -0.3 is 0 Å². The van der Waals surface area contributed by atoms with Crippen molar-refractivity contribution in [3.63, 3.8) is 0 Å². The normalized spacial score (nSPS) is 23.7. The van der Waals surface area contributed by atoms with Crippen LogP contribution in [0.15, 0.2) is 66.0 Å². The zero-order chi connectivity index (χ0) is 20.1. The molecule has 0 unspecified atom stereocenters. The number of imide groups is 1. The number of carbonyl (C=O) groups is 2. The molecule has 0 bridgehead atoms. The van der Waals surface area contributed by atoms with Crippen LogP contribution in [0, 0.1) is 12.8 Å². The third-order valence-electron chi connectivity index (χ3n) is 5.39. The van der Waals surface area contributed by atoms with E-state index < -0.39 is 12.0 Å². The Hall–Kier alpha value is -2.67. The molecule has 2 aromatic carbocycles. The van der Waals surface area contributed by atoms with E-state index in [9.17, 15) is 9.59 Å². The van der Waals surface area contributed by atoms with Gasteiger partial charge in [0.15, 0.2) is 6.10 Å². The van der Waals surface area contributed by atoms with Gasteiger partial charge in [0.2, 0.25) is 5.91 Å². The topological polar surface area (TPSA) is 49.9 Å². The van der Waals surface area contributed by atoms with Gasteiger partial charge in [0, 0.05) is 9.90 Å². The van der Waals surface area contributed by atoms with E-state index in [2.05, 4.69) is 0 Å². The van der Waals surface area contributed by atoms with E-state index >= 15 is 0 Å². The largest absolute Gasteiger partial charge is 0.273 e. The van der Waals surface area contributed by atoms with Crippen LogP contribution in [0.3, 0.4) is 0 Å². The summed E-state index contributed by atoms with van der Waals surface area (Å²) in [6.45, 7) is 1.99. The first-order valence-corrected chi connectivity index (χ1v) is 10.5. The maximum absolute atomic E-state index is 13.4. The zero-order valence-electron chi connectivity index (χ0n) is 15.5. The number of amides is 2. The molecule has 3 heterocycles. The van der Waals surface area contributed by atoms with Crippen molar-refractivity contribution in [3.05, 3.63) is 81.5 Å². The zero-order valence-corrected chi connectivity index (χ0v) is 17.1.